The van der Waals surface area contributed by atoms with Crippen LogP contribution in [-0.4, -0.2) is 16.6 Å². The van der Waals surface area contributed by atoms with Crippen molar-refractivity contribution >= 4 is 17.7 Å². The third-order valence-corrected chi connectivity index (χ3v) is 2.76. The van der Waals surface area contributed by atoms with E-state index in [9.17, 15) is 18.0 Å². The molecule has 1 rings (SSSR count). The highest BCUT2D eigenvalue weighted by molar-refractivity contribution is 8.00. The molecule has 4 nitrogen and oxygen atoms in total. The molecule has 0 radical (unpaired) electrons. The van der Waals surface area contributed by atoms with Gasteiger partial charge in [0.1, 0.15) is 6.07 Å². The Hall–Kier alpha value is -1.72. The number of aromatic carboxylic acids is 1. The quantitative estimate of drug-likeness (QED) is 0.827. The van der Waals surface area contributed by atoms with Gasteiger partial charge in [0, 0.05) is 11.4 Å². The molecular formula is C10H7F3N2O2S. The molecule has 0 aliphatic carbocycles. The third kappa shape index (κ3) is 3.38. The van der Waals surface area contributed by atoms with Gasteiger partial charge in [-0.2, -0.15) is 18.4 Å². The topological polar surface area (TPSA) is 87.1 Å². The monoisotopic (exact) mass is 276 g/mol. The summed E-state index contributed by atoms with van der Waals surface area (Å²) in [5.41, 5.74) is 0.186. The van der Waals surface area contributed by atoms with E-state index in [1.807, 2.05) is 0 Å². The van der Waals surface area contributed by atoms with E-state index in [1.54, 1.807) is 6.07 Å². The third-order valence-electron chi connectivity index (χ3n) is 1.99. The van der Waals surface area contributed by atoms with Crippen LogP contribution in [0.25, 0.3) is 0 Å². The summed E-state index contributed by atoms with van der Waals surface area (Å²) in [5.74, 6) is -1.38. The Balaban J connectivity index is 3.42. The van der Waals surface area contributed by atoms with Crippen molar-refractivity contribution in [2.45, 2.75) is 16.9 Å². The molecule has 0 aliphatic heterocycles. The van der Waals surface area contributed by atoms with E-state index in [-0.39, 0.29) is 23.2 Å². The lowest BCUT2D eigenvalue weighted by Gasteiger charge is -2.11. The van der Waals surface area contributed by atoms with Gasteiger partial charge >= 0.3 is 11.5 Å². The molecular weight excluding hydrogens is 269 g/mol. The van der Waals surface area contributed by atoms with E-state index in [2.05, 4.69) is 0 Å². The van der Waals surface area contributed by atoms with Gasteiger partial charge in [0.25, 0.3) is 0 Å². The van der Waals surface area contributed by atoms with Crippen LogP contribution in [0.15, 0.2) is 17.0 Å². The Morgan fingerprint density at radius 1 is 1.50 bits per heavy atom. The SMILES string of the molecule is N#Cc1c(CN)cc(C(=O)O)cc1SC(F)(F)F. The molecule has 8 heteroatoms. The molecule has 1 aromatic rings. The summed E-state index contributed by atoms with van der Waals surface area (Å²) >= 11 is -0.528. The Kier molecular flexibility index (Phi) is 4.21. The number of carbonyl (C=O) groups is 1. The maximum Gasteiger partial charge on any atom is 0.446 e. The van der Waals surface area contributed by atoms with Gasteiger partial charge in [-0.3, -0.25) is 0 Å². The molecule has 0 atom stereocenters. The zero-order valence-corrected chi connectivity index (χ0v) is 9.60. The van der Waals surface area contributed by atoms with Crippen molar-refractivity contribution in [1.29, 1.82) is 5.26 Å². The zero-order valence-electron chi connectivity index (χ0n) is 8.78. The van der Waals surface area contributed by atoms with Crippen LogP contribution in [0.5, 0.6) is 0 Å². The lowest BCUT2D eigenvalue weighted by molar-refractivity contribution is -0.0328. The summed E-state index contributed by atoms with van der Waals surface area (Å²) in [4.78, 5) is 10.3. The van der Waals surface area contributed by atoms with Crippen LogP contribution in [0.3, 0.4) is 0 Å². The Morgan fingerprint density at radius 3 is 2.50 bits per heavy atom. The molecule has 96 valence electrons. The highest BCUT2D eigenvalue weighted by Gasteiger charge is 2.31. The number of benzene rings is 1. The number of carboxylic acids is 1. The van der Waals surface area contributed by atoms with E-state index >= 15 is 0 Å². The number of carboxylic acid groups (broad SMARTS) is 1. The smallest absolute Gasteiger partial charge is 0.446 e. The summed E-state index contributed by atoms with van der Waals surface area (Å²) in [6.07, 6.45) is 0. The Labute approximate surface area is 104 Å². The predicted octanol–water partition coefficient (Wildman–Crippen LogP) is 2.33. The molecule has 1 aromatic carbocycles. The fourth-order valence-corrected chi connectivity index (χ4v) is 2.00. The number of hydrogen-bond acceptors (Lipinski definition) is 4. The number of halogens is 3. The van der Waals surface area contributed by atoms with Gasteiger partial charge < -0.3 is 10.8 Å². The number of nitrogens with zero attached hydrogens (tertiary/aromatic N) is 1. The van der Waals surface area contributed by atoms with E-state index in [1.165, 1.54) is 0 Å². The second-order valence-electron chi connectivity index (χ2n) is 3.18. The number of alkyl halides is 3. The normalized spacial score (nSPS) is 11.1. The second-order valence-corrected chi connectivity index (χ2v) is 4.28. The molecule has 0 aliphatic rings. The Morgan fingerprint density at radius 2 is 2.11 bits per heavy atom. The van der Waals surface area contributed by atoms with Crippen LogP contribution in [-0.2, 0) is 6.54 Å². The maximum absolute atomic E-state index is 12.3. The largest absolute Gasteiger partial charge is 0.478 e. The van der Waals surface area contributed by atoms with E-state index in [0.717, 1.165) is 12.1 Å². The van der Waals surface area contributed by atoms with E-state index < -0.39 is 28.1 Å². The van der Waals surface area contributed by atoms with Gasteiger partial charge in [0.2, 0.25) is 0 Å². The number of nitrogens with two attached hydrogens (primary N) is 1. The average Bonchev–Trinajstić information content (AvgIpc) is 2.25. The van der Waals surface area contributed by atoms with Crippen LogP contribution in [0.4, 0.5) is 13.2 Å². The first kappa shape index (κ1) is 14.3. The summed E-state index contributed by atoms with van der Waals surface area (Å²) in [6.45, 7) is -0.213. The molecule has 0 spiro atoms. The molecule has 0 amide bonds. The summed E-state index contributed by atoms with van der Waals surface area (Å²) < 4.78 is 36.9. The fraction of sp³-hybridized carbons (Fsp3) is 0.200. The van der Waals surface area contributed by atoms with Crippen LogP contribution >= 0.6 is 11.8 Å². The average molecular weight is 276 g/mol. The van der Waals surface area contributed by atoms with Crippen molar-refractivity contribution in [1.82, 2.24) is 0 Å². The van der Waals surface area contributed by atoms with Crippen LogP contribution in [0.1, 0.15) is 21.5 Å². The molecule has 0 unspecified atom stereocenters. The minimum atomic E-state index is -4.60. The van der Waals surface area contributed by atoms with Crippen LogP contribution < -0.4 is 5.73 Å². The molecule has 18 heavy (non-hydrogen) atoms. The van der Waals surface area contributed by atoms with Crippen LogP contribution in [0, 0.1) is 11.3 Å². The van der Waals surface area contributed by atoms with Crippen molar-refractivity contribution < 1.29 is 23.1 Å². The summed E-state index contributed by atoms with van der Waals surface area (Å²) in [6, 6.07) is 3.53. The minimum Gasteiger partial charge on any atom is -0.478 e. The van der Waals surface area contributed by atoms with E-state index in [0.29, 0.717) is 0 Å². The number of nitriles is 1. The number of rotatable bonds is 3. The number of thioether (sulfide) groups is 1. The van der Waals surface area contributed by atoms with Crippen molar-refractivity contribution in [3.05, 3.63) is 28.8 Å². The van der Waals surface area contributed by atoms with Gasteiger partial charge in [-0.25, -0.2) is 4.79 Å². The van der Waals surface area contributed by atoms with Crippen LogP contribution in [0.2, 0.25) is 0 Å². The fourth-order valence-electron chi connectivity index (χ4n) is 1.29. The van der Waals surface area contributed by atoms with E-state index in [4.69, 9.17) is 16.1 Å². The first-order valence-electron chi connectivity index (χ1n) is 4.54. The molecule has 0 heterocycles. The first-order valence-corrected chi connectivity index (χ1v) is 5.36. The maximum atomic E-state index is 12.3. The van der Waals surface area contributed by atoms with Gasteiger partial charge in [0.15, 0.2) is 0 Å². The van der Waals surface area contributed by atoms with Crippen molar-refractivity contribution in [2.75, 3.05) is 0 Å². The molecule has 0 aromatic heterocycles. The minimum absolute atomic E-state index is 0.0733. The highest BCUT2D eigenvalue weighted by atomic mass is 32.2. The van der Waals surface area contributed by atoms with Gasteiger partial charge in [-0.15, -0.1) is 0 Å². The molecule has 0 fully saturated rings. The summed E-state index contributed by atoms with van der Waals surface area (Å²) in [5, 5.41) is 17.6. The first-order chi connectivity index (χ1) is 8.28. The van der Waals surface area contributed by atoms with Crippen molar-refractivity contribution in [2.24, 2.45) is 5.73 Å². The predicted molar refractivity (Wildman–Crippen MR) is 57.9 cm³/mol. The standard InChI is InChI=1S/C10H7F3N2O2S/c11-10(12,13)18-8-2-5(9(16)17)1-6(3-14)7(8)4-15/h1-2H,3,14H2,(H,16,17). The highest BCUT2D eigenvalue weighted by Crippen LogP contribution is 2.39. The molecule has 0 saturated heterocycles. The number of hydrogen-bond donors (Lipinski definition) is 2. The second kappa shape index (κ2) is 5.29. The molecule has 3 N–H and O–H groups in total. The summed E-state index contributed by atoms with van der Waals surface area (Å²) in [7, 11) is 0. The van der Waals surface area contributed by atoms with Gasteiger partial charge in [0.05, 0.1) is 11.1 Å². The van der Waals surface area contributed by atoms with Gasteiger partial charge in [-0.05, 0) is 29.5 Å². The molecule has 0 saturated carbocycles. The Bertz CT molecular complexity index is 523. The van der Waals surface area contributed by atoms with Gasteiger partial charge in [-0.1, -0.05) is 0 Å². The van der Waals surface area contributed by atoms with Crippen molar-refractivity contribution in [3.8, 4) is 6.07 Å². The molecule has 0 bridgehead atoms. The lowest BCUT2D eigenvalue weighted by Crippen LogP contribution is -2.08. The lowest BCUT2D eigenvalue weighted by atomic mass is 10.0. The zero-order chi connectivity index (χ0) is 13.9. The van der Waals surface area contributed by atoms with Crippen molar-refractivity contribution in [3.63, 3.8) is 0 Å².